The molecule has 2 aromatic carbocycles. The number of carbonyl (C=O) groups excluding carboxylic acids is 1. The second kappa shape index (κ2) is 4.97. The van der Waals surface area contributed by atoms with Gasteiger partial charge < -0.3 is 15.1 Å². The Morgan fingerprint density at radius 3 is 2.53 bits per heavy atom. The van der Waals surface area contributed by atoms with Crippen LogP contribution in [-0.2, 0) is 0 Å². The van der Waals surface area contributed by atoms with Gasteiger partial charge in [0.15, 0.2) is 0 Å². The minimum Gasteiger partial charge on any atom is -0.508 e. The Morgan fingerprint density at radius 2 is 1.89 bits per heavy atom. The second-order valence-electron chi connectivity index (χ2n) is 4.05. The molecule has 2 N–H and O–H groups in total. The van der Waals surface area contributed by atoms with Crippen LogP contribution in [0.5, 0.6) is 11.5 Å². The summed E-state index contributed by atoms with van der Waals surface area (Å²) in [6, 6.07) is 9.33. The number of anilines is 1. The van der Waals surface area contributed by atoms with Crippen molar-refractivity contribution >= 4 is 11.6 Å². The molecule has 2 aromatic rings. The Balaban J connectivity index is 2.33. The van der Waals surface area contributed by atoms with E-state index in [0.29, 0.717) is 5.69 Å². The number of phenolic OH excluding ortho intramolecular Hbond substituents is 2. The van der Waals surface area contributed by atoms with Crippen molar-refractivity contribution in [1.82, 2.24) is 0 Å². The van der Waals surface area contributed by atoms with Crippen LogP contribution in [0, 0.1) is 5.82 Å². The van der Waals surface area contributed by atoms with Gasteiger partial charge in [0.05, 0.1) is 5.56 Å². The van der Waals surface area contributed by atoms with E-state index in [-0.39, 0.29) is 11.3 Å². The minimum atomic E-state index is -0.617. The number of amides is 1. The van der Waals surface area contributed by atoms with Crippen LogP contribution in [0.1, 0.15) is 10.4 Å². The van der Waals surface area contributed by atoms with Crippen LogP contribution in [0.3, 0.4) is 0 Å². The van der Waals surface area contributed by atoms with Crippen molar-refractivity contribution in [3.05, 3.63) is 53.8 Å². The van der Waals surface area contributed by atoms with Crippen molar-refractivity contribution in [3.8, 4) is 11.5 Å². The number of nitrogens with zero attached hydrogens (tertiary/aromatic N) is 1. The highest BCUT2D eigenvalue weighted by molar-refractivity contribution is 6.07. The van der Waals surface area contributed by atoms with Crippen LogP contribution in [-0.4, -0.2) is 23.2 Å². The maximum Gasteiger partial charge on any atom is 0.261 e. The second-order valence-corrected chi connectivity index (χ2v) is 4.05. The number of hydrogen-bond donors (Lipinski definition) is 2. The largest absolute Gasteiger partial charge is 0.508 e. The van der Waals surface area contributed by atoms with Crippen molar-refractivity contribution in [3.63, 3.8) is 0 Å². The van der Waals surface area contributed by atoms with Gasteiger partial charge in [0.25, 0.3) is 5.91 Å². The Bertz CT molecular complexity index is 628. The van der Waals surface area contributed by atoms with Gasteiger partial charge >= 0.3 is 0 Å². The van der Waals surface area contributed by atoms with Crippen molar-refractivity contribution in [1.29, 1.82) is 0 Å². The average Bonchev–Trinajstić information content (AvgIpc) is 2.37. The van der Waals surface area contributed by atoms with E-state index < -0.39 is 17.5 Å². The van der Waals surface area contributed by atoms with E-state index in [1.807, 2.05) is 0 Å². The van der Waals surface area contributed by atoms with Crippen LogP contribution in [0.4, 0.5) is 10.1 Å². The predicted octanol–water partition coefficient (Wildman–Crippen LogP) is 2.51. The summed E-state index contributed by atoms with van der Waals surface area (Å²) in [5, 5.41) is 18.9. The fourth-order valence-corrected chi connectivity index (χ4v) is 1.69. The Labute approximate surface area is 109 Å². The highest BCUT2D eigenvalue weighted by atomic mass is 19.1. The Kier molecular flexibility index (Phi) is 3.37. The number of phenols is 2. The van der Waals surface area contributed by atoms with E-state index in [4.69, 9.17) is 0 Å². The molecule has 0 aliphatic heterocycles. The predicted molar refractivity (Wildman–Crippen MR) is 68.9 cm³/mol. The van der Waals surface area contributed by atoms with Gasteiger partial charge in [0, 0.05) is 24.9 Å². The molecule has 2 rings (SSSR count). The summed E-state index contributed by atoms with van der Waals surface area (Å²) in [5.74, 6) is -1.50. The summed E-state index contributed by atoms with van der Waals surface area (Å²) in [7, 11) is 1.50. The molecule has 98 valence electrons. The first-order valence-corrected chi connectivity index (χ1v) is 5.54. The van der Waals surface area contributed by atoms with E-state index in [2.05, 4.69) is 0 Å². The number of aromatic hydroxyl groups is 2. The topological polar surface area (TPSA) is 60.8 Å². The number of hydrogen-bond acceptors (Lipinski definition) is 3. The summed E-state index contributed by atoms with van der Waals surface area (Å²) >= 11 is 0. The molecule has 5 heteroatoms. The summed E-state index contributed by atoms with van der Waals surface area (Å²) < 4.78 is 12.9. The van der Waals surface area contributed by atoms with Gasteiger partial charge in [-0.15, -0.1) is 0 Å². The van der Waals surface area contributed by atoms with E-state index >= 15 is 0 Å². The summed E-state index contributed by atoms with van der Waals surface area (Å²) in [6.45, 7) is 0. The van der Waals surface area contributed by atoms with Crippen molar-refractivity contribution in [2.24, 2.45) is 0 Å². The minimum absolute atomic E-state index is 0.00718. The quantitative estimate of drug-likeness (QED) is 0.873. The van der Waals surface area contributed by atoms with Gasteiger partial charge in [-0.2, -0.15) is 0 Å². The maximum atomic E-state index is 12.9. The Morgan fingerprint density at radius 1 is 1.16 bits per heavy atom. The van der Waals surface area contributed by atoms with E-state index in [0.717, 1.165) is 12.1 Å². The normalized spacial score (nSPS) is 10.2. The average molecular weight is 261 g/mol. The Hall–Kier alpha value is -2.56. The molecule has 0 aromatic heterocycles. The maximum absolute atomic E-state index is 12.9. The first-order valence-electron chi connectivity index (χ1n) is 5.54. The van der Waals surface area contributed by atoms with Crippen LogP contribution < -0.4 is 4.90 Å². The number of carbonyl (C=O) groups is 1. The fourth-order valence-electron chi connectivity index (χ4n) is 1.69. The number of benzene rings is 2. The third kappa shape index (κ3) is 2.65. The molecule has 0 radical (unpaired) electrons. The van der Waals surface area contributed by atoms with Gasteiger partial charge in [-0.1, -0.05) is 6.07 Å². The smallest absolute Gasteiger partial charge is 0.261 e. The lowest BCUT2D eigenvalue weighted by atomic mass is 10.1. The lowest BCUT2D eigenvalue weighted by Crippen LogP contribution is -2.26. The third-order valence-corrected chi connectivity index (χ3v) is 2.71. The number of rotatable bonds is 2. The summed E-state index contributed by atoms with van der Waals surface area (Å²) in [4.78, 5) is 13.4. The standard InChI is InChI=1S/C14H12FNO3/c1-16(10-3-2-4-11(17)8-10)14(19)12-6-5-9(15)7-13(12)18/h2-8,17-18H,1H3. The van der Waals surface area contributed by atoms with Gasteiger partial charge in [-0.05, 0) is 24.3 Å². The molecule has 0 aliphatic carbocycles. The van der Waals surface area contributed by atoms with Gasteiger partial charge in [-0.25, -0.2) is 4.39 Å². The molecule has 0 heterocycles. The molecule has 0 spiro atoms. The summed E-state index contributed by atoms with van der Waals surface area (Å²) in [5.41, 5.74) is 0.459. The molecule has 4 nitrogen and oxygen atoms in total. The van der Waals surface area contributed by atoms with Crippen molar-refractivity contribution in [2.45, 2.75) is 0 Å². The highest BCUT2D eigenvalue weighted by Crippen LogP contribution is 2.24. The first-order chi connectivity index (χ1) is 8.99. The monoisotopic (exact) mass is 261 g/mol. The molecular formula is C14H12FNO3. The molecule has 0 saturated heterocycles. The first kappa shape index (κ1) is 12.9. The molecule has 19 heavy (non-hydrogen) atoms. The van der Waals surface area contributed by atoms with Gasteiger partial charge in [0.1, 0.15) is 17.3 Å². The lowest BCUT2D eigenvalue weighted by Gasteiger charge is -2.18. The molecule has 0 aliphatic rings. The van der Waals surface area contributed by atoms with Gasteiger partial charge in [-0.3, -0.25) is 4.79 Å². The van der Waals surface area contributed by atoms with E-state index in [9.17, 15) is 19.4 Å². The lowest BCUT2D eigenvalue weighted by molar-refractivity contribution is 0.0990. The highest BCUT2D eigenvalue weighted by Gasteiger charge is 2.17. The third-order valence-electron chi connectivity index (χ3n) is 2.71. The molecule has 0 fully saturated rings. The van der Waals surface area contributed by atoms with Crippen LogP contribution in [0.15, 0.2) is 42.5 Å². The van der Waals surface area contributed by atoms with E-state index in [1.54, 1.807) is 12.1 Å². The van der Waals surface area contributed by atoms with E-state index in [1.165, 1.54) is 30.1 Å². The molecule has 0 saturated carbocycles. The molecular weight excluding hydrogens is 249 g/mol. The zero-order valence-corrected chi connectivity index (χ0v) is 10.2. The van der Waals surface area contributed by atoms with Crippen molar-refractivity contribution < 1.29 is 19.4 Å². The van der Waals surface area contributed by atoms with Crippen LogP contribution in [0.25, 0.3) is 0 Å². The fraction of sp³-hybridized carbons (Fsp3) is 0.0714. The summed E-state index contributed by atoms with van der Waals surface area (Å²) in [6.07, 6.45) is 0. The number of halogens is 1. The van der Waals surface area contributed by atoms with Gasteiger partial charge in [0.2, 0.25) is 0 Å². The SMILES string of the molecule is CN(C(=O)c1ccc(F)cc1O)c1cccc(O)c1. The molecule has 0 bridgehead atoms. The van der Waals surface area contributed by atoms with Crippen molar-refractivity contribution in [2.75, 3.05) is 11.9 Å². The van der Waals surface area contributed by atoms with Crippen LogP contribution in [0.2, 0.25) is 0 Å². The molecule has 0 atom stereocenters. The molecule has 1 amide bonds. The zero-order valence-electron chi connectivity index (χ0n) is 10.2. The molecule has 0 unspecified atom stereocenters. The van der Waals surface area contributed by atoms with Crippen LogP contribution >= 0.6 is 0 Å². The zero-order chi connectivity index (χ0) is 14.0.